The van der Waals surface area contributed by atoms with E-state index in [4.69, 9.17) is 10.3 Å². The van der Waals surface area contributed by atoms with Crippen molar-refractivity contribution in [2.75, 3.05) is 0 Å². The van der Waals surface area contributed by atoms with Gasteiger partial charge in [-0.1, -0.05) is 24.3 Å². The number of furan rings is 1. The molecule has 3 aromatic rings. The van der Waals surface area contributed by atoms with Crippen LogP contribution in [0.2, 0.25) is 0 Å². The number of hydrazine groups is 1. The lowest BCUT2D eigenvalue weighted by molar-refractivity contribution is 0.434. The lowest BCUT2D eigenvalue weighted by atomic mass is 10.1. The molecule has 1 aromatic carbocycles. The third kappa shape index (κ3) is 2.50. The first-order valence-corrected chi connectivity index (χ1v) is 6.20. The smallest absolute Gasteiger partial charge is 0.134 e. The maximum Gasteiger partial charge on any atom is 0.134 e. The standard InChI is InChI=1S/C15H15N3O/c16-18-13(8-11-4-3-7-17-10-11)15-9-12-5-1-2-6-14(12)19-15/h1-7,9-10,13,18H,8,16H2. The molecule has 0 spiro atoms. The highest BCUT2D eigenvalue weighted by molar-refractivity contribution is 5.77. The summed E-state index contributed by atoms with van der Waals surface area (Å²) in [5.74, 6) is 6.48. The fourth-order valence-corrected chi connectivity index (χ4v) is 2.17. The molecule has 0 bridgehead atoms. The minimum atomic E-state index is -0.0587. The number of nitrogens with two attached hydrogens (primary N) is 1. The van der Waals surface area contributed by atoms with Crippen LogP contribution in [-0.4, -0.2) is 4.98 Å². The van der Waals surface area contributed by atoms with Gasteiger partial charge in [0.1, 0.15) is 11.3 Å². The van der Waals surface area contributed by atoms with Gasteiger partial charge in [0.05, 0.1) is 6.04 Å². The lowest BCUT2D eigenvalue weighted by Gasteiger charge is -2.12. The third-order valence-electron chi connectivity index (χ3n) is 3.15. The zero-order valence-corrected chi connectivity index (χ0v) is 10.4. The van der Waals surface area contributed by atoms with Crippen LogP contribution in [0, 0.1) is 0 Å². The van der Waals surface area contributed by atoms with E-state index in [0.29, 0.717) is 0 Å². The molecule has 0 aliphatic carbocycles. The van der Waals surface area contributed by atoms with Crippen molar-refractivity contribution in [1.82, 2.24) is 10.4 Å². The van der Waals surface area contributed by atoms with E-state index in [9.17, 15) is 0 Å². The van der Waals surface area contributed by atoms with Crippen LogP contribution < -0.4 is 11.3 Å². The van der Waals surface area contributed by atoms with E-state index in [0.717, 1.165) is 28.7 Å². The quantitative estimate of drug-likeness (QED) is 0.554. The van der Waals surface area contributed by atoms with Crippen LogP contribution in [0.4, 0.5) is 0 Å². The van der Waals surface area contributed by atoms with Gasteiger partial charge in [0, 0.05) is 17.8 Å². The highest BCUT2D eigenvalue weighted by Crippen LogP contribution is 2.25. The van der Waals surface area contributed by atoms with Crippen LogP contribution in [0.1, 0.15) is 17.4 Å². The van der Waals surface area contributed by atoms with Crippen molar-refractivity contribution in [2.45, 2.75) is 12.5 Å². The molecule has 1 unspecified atom stereocenters. The number of aromatic nitrogens is 1. The fraction of sp³-hybridized carbons (Fsp3) is 0.133. The van der Waals surface area contributed by atoms with Gasteiger partial charge in [-0.2, -0.15) is 0 Å². The largest absolute Gasteiger partial charge is 0.459 e. The highest BCUT2D eigenvalue weighted by atomic mass is 16.3. The molecule has 3 rings (SSSR count). The van der Waals surface area contributed by atoms with Gasteiger partial charge in [-0.15, -0.1) is 0 Å². The Bertz CT molecular complexity index is 630. The maximum atomic E-state index is 5.83. The summed E-state index contributed by atoms with van der Waals surface area (Å²) in [6.07, 6.45) is 4.34. The molecular formula is C15H15N3O. The summed E-state index contributed by atoms with van der Waals surface area (Å²) in [6.45, 7) is 0. The number of benzene rings is 1. The molecule has 0 amide bonds. The molecule has 0 radical (unpaired) electrons. The molecule has 0 aliphatic rings. The highest BCUT2D eigenvalue weighted by Gasteiger charge is 2.15. The van der Waals surface area contributed by atoms with Crippen molar-refractivity contribution in [3.8, 4) is 0 Å². The van der Waals surface area contributed by atoms with Crippen LogP contribution in [0.25, 0.3) is 11.0 Å². The number of nitrogens with zero attached hydrogens (tertiary/aromatic N) is 1. The second-order valence-corrected chi connectivity index (χ2v) is 4.47. The van der Waals surface area contributed by atoms with Gasteiger partial charge < -0.3 is 4.42 Å². The van der Waals surface area contributed by atoms with Crippen LogP contribution in [-0.2, 0) is 6.42 Å². The van der Waals surface area contributed by atoms with Crippen molar-refractivity contribution in [2.24, 2.45) is 5.84 Å². The van der Waals surface area contributed by atoms with Crippen molar-refractivity contribution >= 4 is 11.0 Å². The number of fused-ring (bicyclic) bond motifs is 1. The molecule has 0 aliphatic heterocycles. The van der Waals surface area contributed by atoms with Crippen LogP contribution in [0.3, 0.4) is 0 Å². The third-order valence-corrected chi connectivity index (χ3v) is 3.15. The molecule has 3 N–H and O–H groups in total. The number of hydrogen-bond acceptors (Lipinski definition) is 4. The molecule has 2 heterocycles. The average molecular weight is 253 g/mol. The summed E-state index contributed by atoms with van der Waals surface area (Å²) < 4.78 is 5.83. The molecule has 19 heavy (non-hydrogen) atoms. The SMILES string of the molecule is NNC(Cc1cccnc1)c1cc2ccccc2o1. The van der Waals surface area contributed by atoms with Crippen molar-refractivity contribution in [1.29, 1.82) is 0 Å². The van der Waals surface area contributed by atoms with E-state index in [-0.39, 0.29) is 6.04 Å². The van der Waals surface area contributed by atoms with E-state index >= 15 is 0 Å². The van der Waals surface area contributed by atoms with Crippen LogP contribution >= 0.6 is 0 Å². The Morgan fingerprint density at radius 1 is 1.21 bits per heavy atom. The Hall–Kier alpha value is -2.17. The Morgan fingerprint density at radius 3 is 2.84 bits per heavy atom. The molecular weight excluding hydrogens is 238 g/mol. The summed E-state index contributed by atoms with van der Waals surface area (Å²) in [7, 11) is 0. The first kappa shape index (κ1) is 11.9. The van der Waals surface area contributed by atoms with Crippen molar-refractivity contribution < 1.29 is 4.42 Å². The predicted molar refractivity (Wildman–Crippen MR) is 74.2 cm³/mol. The Morgan fingerprint density at radius 2 is 2.11 bits per heavy atom. The molecule has 1 atom stereocenters. The molecule has 0 saturated carbocycles. The molecule has 0 saturated heterocycles. The van der Waals surface area contributed by atoms with Gasteiger partial charge in [0.15, 0.2) is 0 Å². The van der Waals surface area contributed by atoms with E-state index in [1.807, 2.05) is 48.7 Å². The zero-order valence-electron chi connectivity index (χ0n) is 10.4. The first-order valence-electron chi connectivity index (χ1n) is 6.20. The van der Waals surface area contributed by atoms with E-state index < -0.39 is 0 Å². The zero-order chi connectivity index (χ0) is 13.1. The van der Waals surface area contributed by atoms with Crippen molar-refractivity contribution in [3.63, 3.8) is 0 Å². The minimum Gasteiger partial charge on any atom is -0.459 e. The second kappa shape index (κ2) is 5.22. The summed E-state index contributed by atoms with van der Waals surface area (Å²) in [5, 5.41) is 1.09. The summed E-state index contributed by atoms with van der Waals surface area (Å²) in [5.41, 5.74) is 4.80. The predicted octanol–water partition coefficient (Wildman–Crippen LogP) is 2.57. The Balaban J connectivity index is 1.89. The van der Waals surface area contributed by atoms with Crippen LogP contribution in [0.15, 0.2) is 59.3 Å². The number of rotatable bonds is 4. The minimum absolute atomic E-state index is 0.0587. The topological polar surface area (TPSA) is 64.1 Å². The Kier molecular flexibility index (Phi) is 3.27. The molecule has 4 nitrogen and oxygen atoms in total. The molecule has 96 valence electrons. The summed E-state index contributed by atoms with van der Waals surface area (Å²) in [4.78, 5) is 4.11. The summed E-state index contributed by atoms with van der Waals surface area (Å²) >= 11 is 0. The van der Waals surface area contributed by atoms with Crippen molar-refractivity contribution in [3.05, 3.63) is 66.2 Å². The van der Waals surface area contributed by atoms with Gasteiger partial charge in [0.2, 0.25) is 0 Å². The van der Waals surface area contributed by atoms with E-state index in [1.54, 1.807) is 6.20 Å². The second-order valence-electron chi connectivity index (χ2n) is 4.47. The fourth-order valence-electron chi connectivity index (χ4n) is 2.17. The molecule has 4 heteroatoms. The number of hydrogen-bond donors (Lipinski definition) is 2. The maximum absolute atomic E-state index is 5.83. The summed E-state index contributed by atoms with van der Waals surface area (Å²) in [6, 6.07) is 13.8. The van der Waals surface area contributed by atoms with Gasteiger partial charge in [-0.25, -0.2) is 5.43 Å². The van der Waals surface area contributed by atoms with Crippen LogP contribution in [0.5, 0.6) is 0 Å². The number of nitrogens with one attached hydrogen (secondary N) is 1. The average Bonchev–Trinajstić information content (AvgIpc) is 2.89. The van der Waals surface area contributed by atoms with E-state index in [1.165, 1.54) is 0 Å². The van der Waals surface area contributed by atoms with Gasteiger partial charge >= 0.3 is 0 Å². The van der Waals surface area contributed by atoms with Gasteiger partial charge in [-0.3, -0.25) is 10.8 Å². The Labute approximate surface area is 111 Å². The first-order chi connectivity index (χ1) is 9.36. The van der Waals surface area contributed by atoms with E-state index in [2.05, 4.69) is 10.4 Å². The number of pyridine rings is 1. The monoisotopic (exact) mass is 253 g/mol. The number of para-hydroxylation sites is 1. The molecule has 2 aromatic heterocycles. The molecule has 0 fully saturated rings. The van der Waals surface area contributed by atoms with Gasteiger partial charge in [0.25, 0.3) is 0 Å². The lowest BCUT2D eigenvalue weighted by Crippen LogP contribution is -2.29. The van der Waals surface area contributed by atoms with Gasteiger partial charge in [-0.05, 0) is 30.2 Å². The normalized spacial score (nSPS) is 12.7.